The van der Waals surface area contributed by atoms with Crippen LogP contribution in [0.15, 0.2) is 12.7 Å². The van der Waals surface area contributed by atoms with Crippen molar-refractivity contribution in [3.63, 3.8) is 0 Å². The Bertz CT molecular complexity index is 221. The van der Waals surface area contributed by atoms with Gasteiger partial charge in [-0.2, -0.15) is 0 Å². The molecule has 0 amide bonds. The van der Waals surface area contributed by atoms with Crippen molar-refractivity contribution in [3.8, 4) is 0 Å². The number of hydrogen-bond donors (Lipinski definition) is 3. The maximum atomic E-state index is 11.2. The Morgan fingerprint density at radius 2 is 2.20 bits per heavy atom. The van der Waals surface area contributed by atoms with E-state index in [0.29, 0.717) is 31.0 Å². The molecule has 15 heavy (non-hydrogen) atoms. The molecular formula is C10H20N2O3. The van der Waals surface area contributed by atoms with Gasteiger partial charge in [0.05, 0.1) is 0 Å². The van der Waals surface area contributed by atoms with E-state index in [1.54, 1.807) is 13.0 Å². The molecule has 0 radical (unpaired) electrons. The summed E-state index contributed by atoms with van der Waals surface area (Å²) in [5.41, 5.74) is 1.33. The van der Waals surface area contributed by atoms with Gasteiger partial charge in [0.25, 0.3) is 0 Å². The monoisotopic (exact) mass is 216 g/mol. The Kier molecular flexibility index (Phi) is 6.15. The molecule has 0 aromatic heterocycles. The predicted molar refractivity (Wildman–Crippen MR) is 57.4 cm³/mol. The molecule has 3 N–H and O–H groups in total. The molecule has 1 atom stereocenters. The van der Waals surface area contributed by atoms with Crippen LogP contribution in [0.4, 0.5) is 0 Å². The highest BCUT2D eigenvalue weighted by atomic mass is 16.5. The molecule has 5 heteroatoms. The quantitative estimate of drug-likeness (QED) is 0.422. The summed E-state index contributed by atoms with van der Waals surface area (Å²) >= 11 is 0. The molecule has 88 valence electrons. The second-order valence-corrected chi connectivity index (χ2v) is 3.40. The minimum absolute atomic E-state index is 0.329. The first kappa shape index (κ1) is 14.1. The highest BCUT2D eigenvalue weighted by Gasteiger charge is 2.41. The summed E-state index contributed by atoms with van der Waals surface area (Å²) in [5, 5.41) is 19.5. The van der Waals surface area contributed by atoms with E-state index in [9.17, 15) is 10.0 Å². The Balaban J connectivity index is 4.71. The van der Waals surface area contributed by atoms with Crippen molar-refractivity contribution < 1.29 is 15.1 Å². The lowest BCUT2D eigenvalue weighted by Crippen LogP contribution is -2.58. The molecule has 0 rings (SSSR count). The average molecular weight is 216 g/mol. The highest BCUT2D eigenvalue weighted by molar-refractivity contribution is 5.78. The fourth-order valence-corrected chi connectivity index (χ4v) is 1.50. The maximum Gasteiger partial charge on any atom is 0.328 e. The molecule has 0 bridgehead atoms. The van der Waals surface area contributed by atoms with Crippen LogP contribution in [0.2, 0.25) is 0 Å². The number of carboxylic acids is 1. The molecule has 0 aliphatic carbocycles. The molecule has 0 spiro atoms. The van der Waals surface area contributed by atoms with Crippen LogP contribution in [0.25, 0.3) is 0 Å². The average Bonchev–Trinajstić information content (AvgIpc) is 2.22. The Morgan fingerprint density at radius 1 is 1.60 bits per heavy atom. The van der Waals surface area contributed by atoms with Crippen LogP contribution in [0.1, 0.15) is 33.1 Å². The zero-order valence-corrected chi connectivity index (χ0v) is 9.36. The van der Waals surface area contributed by atoms with Crippen LogP contribution in [0.3, 0.4) is 0 Å². The first-order valence-corrected chi connectivity index (χ1v) is 5.12. The number of aliphatic carboxylic acids is 1. The molecule has 0 aliphatic heterocycles. The molecular weight excluding hydrogens is 196 g/mol. The molecule has 0 heterocycles. The summed E-state index contributed by atoms with van der Waals surface area (Å²) in [6.45, 7) is 7.43. The zero-order valence-electron chi connectivity index (χ0n) is 9.36. The first-order chi connectivity index (χ1) is 7.05. The number of carbonyl (C=O) groups is 1. The van der Waals surface area contributed by atoms with Gasteiger partial charge in [0, 0.05) is 6.54 Å². The number of hydroxylamine groups is 1. The van der Waals surface area contributed by atoms with E-state index in [4.69, 9.17) is 5.11 Å². The summed E-state index contributed by atoms with van der Waals surface area (Å²) < 4.78 is 0. The van der Waals surface area contributed by atoms with Crippen molar-refractivity contribution in [2.45, 2.75) is 38.6 Å². The lowest BCUT2D eigenvalue weighted by molar-refractivity contribution is -0.225. The molecule has 0 aromatic rings. The van der Waals surface area contributed by atoms with Crippen molar-refractivity contribution >= 4 is 5.97 Å². The molecule has 5 nitrogen and oxygen atoms in total. The van der Waals surface area contributed by atoms with E-state index >= 15 is 0 Å². The second-order valence-electron chi connectivity index (χ2n) is 3.40. The minimum atomic E-state index is -1.25. The van der Waals surface area contributed by atoms with E-state index < -0.39 is 11.5 Å². The van der Waals surface area contributed by atoms with Gasteiger partial charge in [0.15, 0.2) is 5.54 Å². The second kappa shape index (κ2) is 6.55. The third kappa shape index (κ3) is 3.30. The van der Waals surface area contributed by atoms with Crippen molar-refractivity contribution in [3.05, 3.63) is 12.7 Å². The fourth-order valence-electron chi connectivity index (χ4n) is 1.50. The van der Waals surface area contributed by atoms with E-state index in [2.05, 4.69) is 12.0 Å². The molecule has 0 saturated heterocycles. The highest BCUT2D eigenvalue weighted by Crippen LogP contribution is 2.23. The van der Waals surface area contributed by atoms with Crippen LogP contribution in [-0.4, -0.2) is 33.5 Å². The SMILES string of the molecule is C=CCNN(O)C(CC)(CCC)C(=O)O. The van der Waals surface area contributed by atoms with Gasteiger partial charge < -0.3 is 5.11 Å². The summed E-state index contributed by atoms with van der Waals surface area (Å²) in [6, 6.07) is 0. The van der Waals surface area contributed by atoms with Gasteiger partial charge in [-0.3, -0.25) is 10.0 Å². The smallest absolute Gasteiger partial charge is 0.328 e. The number of hydrogen-bond acceptors (Lipinski definition) is 4. The van der Waals surface area contributed by atoms with Crippen molar-refractivity contribution in [1.82, 2.24) is 10.6 Å². The lowest BCUT2D eigenvalue weighted by Gasteiger charge is -2.35. The van der Waals surface area contributed by atoms with Gasteiger partial charge in [-0.15, -0.1) is 11.8 Å². The van der Waals surface area contributed by atoms with Gasteiger partial charge in [-0.25, -0.2) is 5.43 Å². The summed E-state index contributed by atoms with van der Waals surface area (Å²) in [6.07, 6.45) is 2.96. The summed E-state index contributed by atoms with van der Waals surface area (Å²) in [5.74, 6) is -1.02. The largest absolute Gasteiger partial charge is 0.480 e. The topological polar surface area (TPSA) is 72.8 Å². The normalized spacial score (nSPS) is 14.9. The molecule has 0 aromatic carbocycles. The minimum Gasteiger partial charge on any atom is -0.480 e. The van der Waals surface area contributed by atoms with Crippen LogP contribution in [0.5, 0.6) is 0 Å². The van der Waals surface area contributed by atoms with Crippen molar-refractivity contribution in [2.24, 2.45) is 0 Å². The Morgan fingerprint density at radius 3 is 2.53 bits per heavy atom. The molecule has 1 unspecified atom stereocenters. The Labute approximate surface area is 90.3 Å². The number of carboxylic acid groups (broad SMARTS) is 1. The third-order valence-electron chi connectivity index (χ3n) is 2.44. The maximum absolute atomic E-state index is 11.2. The lowest BCUT2D eigenvalue weighted by atomic mass is 9.91. The van der Waals surface area contributed by atoms with E-state index in [-0.39, 0.29) is 0 Å². The molecule has 0 aliphatic rings. The van der Waals surface area contributed by atoms with E-state index in [1.165, 1.54) is 0 Å². The van der Waals surface area contributed by atoms with Gasteiger partial charge in [-0.05, 0) is 12.8 Å². The van der Waals surface area contributed by atoms with Gasteiger partial charge in [0.1, 0.15) is 0 Å². The predicted octanol–water partition coefficient (Wildman–Crippen LogP) is 1.40. The standard InChI is InChI=1S/C10H20N2O3/c1-4-7-10(6-3,9(13)14)12(15)11-8-5-2/h5,11,15H,2,4,6-8H2,1,3H3,(H,13,14). The number of nitrogens with zero attached hydrogens (tertiary/aromatic N) is 1. The number of rotatable bonds is 8. The molecule has 0 saturated carbocycles. The Hall–Kier alpha value is -0.910. The van der Waals surface area contributed by atoms with E-state index in [1.807, 2.05) is 6.92 Å². The van der Waals surface area contributed by atoms with Gasteiger partial charge >= 0.3 is 5.97 Å². The fraction of sp³-hybridized carbons (Fsp3) is 0.700. The molecule has 0 fully saturated rings. The summed E-state index contributed by atoms with van der Waals surface area (Å²) in [4.78, 5) is 11.2. The van der Waals surface area contributed by atoms with Crippen LogP contribution in [0, 0.1) is 0 Å². The van der Waals surface area contributed by atoms with Gasteiger partial charge in [0.2, 0.25) is 0 Å². The first-order valence-electron chi connectivity index (χ1n) is 5.12. The van der Waals surface area contributed by atoms with Crippen LogP contribution < -0.4 is 5.43 Å². The van der Waals surface area contributed by atoms with Crippen molar-refractivity contribution in [2.75, 3.05) is 6.54 Å². The van der Waals surface area contributed by atoms with Crippen LogP contribution >= 0.6 is 0 Å². The van der Waals surface area contributed by atoms with E-state index in [0.717, 1.165) is 0 Å². The van der Waals surface area contributed by atoms with Crippen LogP contribution in [-0.2, 0) is 4.79 Å². The summed E-state index contributed by atoms with van der Waals surface area (Å²) in [7, 11) is 0. The third-order valence-corrected chi connectivity index (χ3v) is 2.44. The number of hydrazine groups is 1. The van der Waals surface area contributed by atoms with Crippen molar-refractivity contribution in [1.29, 1.82) is 0 Å². The zero-order chi connectivity index (χ0) is 11.9. The number of nitrogens with one attached hydrogen (secondary N) is 1. The van der Waals surface area contributed by atoms with Gasteiger partial charge in [-0.1, -0.05) is 26.3 Å².